The maximum atomic E-state index is 11.7. The van der Waals surface area contributed by atoms with Gasteiger partial charge in [-0.3, -0.25) is 9.59 Å². The summed E-state index contributed by atoms with van der Waals surface area (Å²) in [4.78, 5) is 25.7. The number of amides is 1. The third kappa shape index (κ3) is 1.99. The highest BCUT2D eigenvalue weighted by Crippen LogP contribution is 2.18. The zero-order valence-corrected chi connectivity index (χ0v) is 9.53. The van der Waals surface area contributed by atoms with Crippen molar-refractivity contribution in [2.75, 3.05) is 14.2 Å². The van der Waals surface area contributed by atoms with Crippen LogP contribution in [-0.4, -0.2) is 25.0 Å². The number of H-pyrrole nitrogens is 1. The molecule has 0 radical (unpaired) electrons. The van der Waals surface area contributed by atoms with Gasteiger partial charge in [0.1, 0.15) is 11.4 Å². The second-order valence-electron chi connectivity index (χ2n) is 3.54. The lowest BCUT2D eigenvalue weighted by atomic mass is 10.1. The first-order chi connectivity index (χ1) is 8.15. The number of methoxy groups -OCH3 is 1. The molecule has 1 amide bonds. The molecule has 5 nitrogen and oxygen atoms in total. The van der Waals surface area contributed by atoms with Gasteiger partial charge >= 0.3 is 0 Å². The largest absolute Gasteiger partial charge is 0.497 e. The predicted octanol–water partition coefficient (Wildman–Crippen LogP) is 0.896. The summed E-state index contributed by atoms with van der Waals surface area (Å²) in [7, 11) is 3.06. The summed E-state index contributed by atoms with van der Waals surface area (Å²) in [5.74, 6) is 0.317. The second kappa shape index (κ2) is 4.29. The smallest absolute Gasteiger partial charge is 0.267 e. The van der Waals surface area contributed by atoms with Crippen molar-refractivity contribution in [1.82, 2.24) is 10.3 Å². The summed E-state index contributed by atoms with van der Waals surface area (Å²) >= 11 is 0. The number of rotatable bonds is 2. The van der Waals surface area contributed by atoms with Gasteiger partial charge in [-0.1, -0.05) is 0 Å². The molecular weight excluding hydrogens is 220 g/mol. The maximum absolute atomic E-state index is 11.7. The number of aromatic nitrogens is 1. The van der Waals surface area contributed by atoms with Crippen molar-refractivity contribution >= 4 is 16.7 Å². The molecule has 2 aromatic rings. The normalized spacial score (nSPS) is 10.2. The van der Waals surface area contributed by atoms with Crippen LogP contribution in [0, 0.1) is 0 Å². The van der Waals surface area contributed by atoms with Gasteiger partial charge < -0.3 is 15.0 Å². The van der Waals surface area contributed by atoms with Crippen LogP contribution in [0.3, 0.4) is 0 Å². The molecule has 0 fully saturated rings. The fourth-order valence-electron chi connectivity index (χ4n) is 1.63. The minimum atomic E-state index is -0.327. The minimum absolute atomic E-state index is 0.234. The summed E-state index contributed by atoms with van der Waals surface area (Å²) in [6.45, 7) is 0. The first kappa shape index (κ1) is 11.2. The van der Waals surface area contributed by atoms with Crippen molar-refractivity contribution in [2.45, 2.75) is 0 Å². The molecule has 1 heterocycles. The van der Waals surface area contributed by atoms with Crippen LogP contribution in [-0.2, 0) is 0 Å². The number of ether oxygens (including phenoxy) is 1. The molecule has 88 valence electrons. The average molecular weight is 232 g/mol. The first-order valence-electron chi connectivity index (χ1n) is 5.09. The van der Waals surface area contributed by atoms with Crippen molar-refractivity contribution in [3.05, 3.63) is 40.3 Å². The van der Waals surface area contributed by atoms with E-state index in [1.165, 1.54) is 7.05 Å². The Kier molecular flexibility index (Phi) is 2.82. The number of nitrogens with one attached hydrogen (secondary N) is 2. The quantitative estimate of drug-likeness (QED) is 0.808. The lowest BCUT2D eigenvalue weighted by Gasteiger charge is -2.04. The number of hydrogen-bond acceptors (Lipinski definition) is 3. The van der Waals surface area contributed by atoms with E-state index < -0.39 is 0 Å². The molecule has 17 heavy (non-hydrogen) atoms. The molecule has 0 aliphatic carbocycles. The minimum Gasteiger partial charge on any atom is -0.497 e. The van der Waals surface area contributed by atoms with E-state index in [0.29, 0.717) is 16.5 Å². The van der Waals surface area contributed by atoms with Crippen LogP contribution in [0.2, 0.25) is 0 Å². The molecule has 0 bridgehead atoms. The standard InChI is InChI=1S/C12H12N2O3/c1-13-12(16)10-6-7-5-8(17-2)3-4-9(7)11(15)14-10/h3-6H,1-2H3,(H,13,16)(H,14,15). The van der Waals surface area contributed by atoms with E-state index in [1.807, 2.05) is 0 Å². The van der Waals surface area contributed by atoms with E-state index in [9.17, 15) is 9.59 Å². The highest BCUT2D eigenvalue weighted by Gasteiger charge is 2.08. The Bertz CT molecular complexity index is 631. The van der Waals surface area contributed by atoms with Crippen LogP contribution in [0.15, 0.2) is 29.1 Å². The Morgan fingerprint density at radius 3 is 2.76 bits per heavy atom. The van der Waals surface area contributed by atoms with Gasteiger partial charge in [-0.25, -0.2) is 0 Å². The molecule has 2 rings (SSSR count). The zero-order valence-electron chi connectivity index (χ0n) is 9.53. The van der Waals surface area contributed by atoms with Crippen LogP contribution < -0.4 is 15.6 Å². The molecule has 5 heteroatoms. The molecule has 2 N–H and O–H groups in total. The highest BCUT2D eigenvalue weighted by molar-refractivity contribution is 5.96. The van der Waals surface area contributed by atoms with E-state index in [-0.39, 0.29) is 17.2 Å². The van der Waals surface area contributed by atoms with E-state index in [0.717, 1.165) is 0 Å². The number of benzene rings is 1. The molecule has 0 aliphatic rings. The number of pyridine rings is 1. The summed E-state index contributed by atoms with van der Waals surface area (Å²) < 4.78 is 5.08. The molecule has 1 aromatic carbocycles. The van der Waals surface area contributed by atoms with Crippen molar-refractivity contribution in [3.8, 4) is 5.75 Å². The number of carbonyl (C=O) groups excluding carboxylic acids is 1. The Hall–Kier alpha value is -2.30. The summed E-state index contributed by atoms with van der Waals surface area (Å²) in [5, 5.41) is 3.66. The van der Waals surface area contributed by atoms with E-state index in [2.05, 4.69) is 10.3 Å². The lowest BCUT2D eigenvalue weighted by Crippen LogP contribution is -2.22. The van der Waals surface area contributed by atoms with Gasteiger partial charge in [0.25, 0.3) is 11.5 Å². The lowest BCUT2D eigenvalue weighted by molar-refractivity contribution is 0.0958. The molecule has 0 unspecified atom stereocenters. The predicted molar refractivity (Wildman–Crippen MR) is 64.5 cm³/mol. The van der Waals surface area contributed by atoms with E-state index in [1.54, 1.807) is 31.4 Å². The molecule has 0 saturated heterocycles. The molecule has 0 aliphatic heterocycles. The average Bonchev–Trinajstić information content (AvgIpc) is 2.36. The second-order valence-corrected chi connectivity index (χ2v) is 3.54. The van der Waals surface area contributed by atoms with Gasteiger partial charge in [0.2, 0.25) is 0 Å². The topological polar surface area (TPSA) is 71.2 Å². The summed E-state index contributed by atoms with van der Waals surface area (Å²) in [6, 6.07) is 6.72. The van der Waals surface area contributed by atoms with E-state index in [4.69, 9.17) is 4.74 Å². The number of fused-ring (bicyclic) bond motifs is 1. The monoisotopic (exact) mass is 232 g/mol. The van der Waals surface area contributed by atoms with Gasteiger partial charge in [-0.05, 0) is 29.7 Å². The van der Waals surface area contributed by atoms with Gasteiger partial charge in [-0.15, -0.1) is 0 Å². The van der Waals surface area contributed by atoms with Gasteiger partial charge in [0.15, 0.2) is 0 Å². The molecule has 1 aromatic heterocycles. The zero-order chi connectivity index (χ0) is 12.4. The van der Waals surface area contributed by atoms with Gasteiger partial charge in [-0.2, -0.15) is 0 Å². The van der Waals surface area contributed by atoms with Crippen molar-refractivity contribution < 1.29 is 9.53 Å². The maximum Gasteiger partial charge on any atom is 0.267 e. The third-order valence-electron chi connectivity index (χ3n) is 2.52. The van der Waals surface area contributed by atoms with Crippen molar-refractivity contribution in [1.29, 1.82) is 0 Å². The molecule has 0 saturated carbocycles. The van der Waals surface area contributed by atoms with Crippen LogP contribution in [0.5, 0.6) is 5.75 Å². The van der Waals surface area contributed by atoms with Crippen LogP contribution in [0.4, 0.5) is 0 Å². The Balaban J connectivity index is 2.70. The fourth-order valence-corrected chi connectivity index (χ4v) is 1.63. The number of carbonyl (C=O) groups is 1. The third-order valence-corrected chi connectivity index (χ3v) is 2.52. The molecular formula is C12H12N2O3. The Labute approximate surface area is 97.4 Å². The SMILES string of the molecule is CNC(=O)c1cc2cc(OC)ccc2c(=O)[nH]1. The Morgan fingerprint density at radius 1 is 1.35 bits per heavy atom. The highest BCUT2D eigenvalue weighted by atomic mass is 16.5. The van der Waals surface area contributed by atoms with Crippen LogP contribution in [0.1, 0.15) is 10.5 Å². The van der Waals surface area contributed by atoms with Crippen molar-refractivity contribution in [2.24, 2.45) is 0 Å². The number of aromatic amines is 1. The Morgan fingerprint density at radius 2 is 2.12 bits per heavy atom. The summed E-state index contributed by atoms with van der Waals surface area (Å²) in [5.41, 5.74) is -0.0537. The summed E-state index contributed by atoms with van der Waals surface area (Å²) in [6.07, 6.45) is 0. The van der Waals surface area contributed by atoms with Crippen LogP contribution in [0.25, 0.3) is 10.8 Å². The molecule has 0 spiro atoms. The van der Waals surface area contributed by atoms with Crippen molar-refractivity contribution in [3.63, 3.8) is 0 Å². The van der Waals surface area contributed by atoms with Gasteiger partial charge in [0.05, 0.1) is 7.11 Å². The number of hydrogen-bond donors (Lipinski definition) is 2. The van der Waals surface area contributed by atoms with Gasteiger partial charge in [0, 0.05) is 12.4 Å². The fraction of sp³-hybridized carbons (Fsp3) is 0.167. The molecule has 0 atom stereocenters. The first-order valence-corrected chi connectivity index (χ1v) is 5.09. The van der Waals surface area contributed by atoms with Crippen LogP contribution >= 0.6 is 0 Å². The van der Waals surface area contributed by atoms with E-state index >= 15 is 0 Å².